The Bertz CT molecular complexity index is 569. The highest BCUT2D eigenvalue weighted by Crippen LogP contribution is 2.34. The summed E-state index contributed by atoms with van der Waals surface area (Å²) in [6, 6.07) is 9.27. The van der Waals surface area contributed by atoms with Gasteiger partial charge in [0.25, 0.3) is 0 Å². The number of carboxylic acid groups (broad SMARTS) is 1. The minimum absolute atomic E-state index is 0.00745. The van der Waals surface area contributed by atoms with Crippen molar-refractivity contribution in [2.24, 2.45) is 0 Å². The van der Waals surface area contributed by atoms with Gasteiger partial charge >= 0.3 is 6.09 Å². The van der Waals surface area contributed by atoms with Crippen molar-refractivity contribution in [2.75, 3.05) is 19.8 Å². The van der Waals surface area contributed by atoms with Crippen LogP contribution in [0.15, 0.2) is 30.3 Å². The summed E-state index contributed by atoms with van der Waals surface area (Å²) in [5, 5.41) is 31.2. The molecule has 2 heterocycles. The maximum atomic E-state index is 10.4. The Kier molecular flexibility index (Phi) is 5.84. The van der Waals surface area contributed by atoms with E-state index in [9.17, 15) is 15.0 Å². The van der Waals surface area contributed by atoms with Gasteiger partial charge in [0.2, 0.25) is 0 Å². The van der Waals surface area contributed by atoms with Crippen molar-refractivity contribution in [3.8, 4) is 0 Å². The maximum absolute atomic E-state index is 10.4. The SMILES string of the molecule is O=C(O)NCCO[C@@H]1O[C@@H]2COC(c3ccccc3)O[C@H]2[C@H](O)[C@H]1O. The van der Waals surface area contributed by atoms with Crippen molar-refractivity contribution >= 4 is 6.09 Å². The summed E-state index contributed by atoms with van der Waals surface area (Å²) in [6.07, 6.45) is -6.80. The molecule has 2 fully saturated rings. The number of aliphatic hydroxyl groups is 2. The predicted octanol–water partition coefficient (Wildman–Crippen LogP) is -0.169. The molecule has 0 spiro atoms. The van der Waals surface area contributed by atoms with E-state index in [0.717, 1.165) is 5.56 Å². The first-order valence-corrected chi connectivity index (χ1v) is 7.98. The minimum Gasteiger partial charge on any atom is -0.465 e. The number of hydrogen-bond acceptors (Lipinski definition) is 7. The van der Waals surface area contributed by atoms with E-state index in [4.69, 9.17) is 24.1 Å². The van der Waals surface area contributed by atoms with E-state index in [0.29, 0.717) is 0 Å². The quantitative estimate of drug-likeness (QED) is 0.536. The van der Waals surface area contributed by atoms with Crippen molar-refractivity contribution in [1.82, 2.24) is 5.32 Å². The fourth-order valence-electron chi connectivity index (χ4n) is 2.83. The van der Waals surface area contributed by atoms with Crippen molar-refractivity contribution in [2.45, 2.75) is 37.0 Å². The molecule has 1 unspecified atom stereocenters. The lowest BCUT2D eigenvalue weighted by Gasteiger charge is -2.46. The second-order valence-electron chi connectivity index (χ2n) is 5.80. The molecule has 4 N–H and O–H groups in total. The summed E-state index contributed by atoms with van der Waals surface area (Å²) < 4.78 is 22.3. The van der Waals surface area contributed by atoms with E-state index in [1.807, 2.05) is 30.3 Å². The van der Waals surface area contributed by atoms with Crippen molar-refractivity contribution < 1.29 is 39.1 Å². The highest BCUT2D eigenvalue weighted by Gasteiger charge is 2.49. The molecule has 138 valence electrons. The third-order valence-electron chi connectivity index (χ3n) is 4.07. The molecule has 1 aromatic carbocycles. The van der Waals surface area contributed by atoms with E-state index < -0.39 is 43.1 Å². The van der Waals surface area contributed by atoms with Crippen molar-refractivity contribution in [3.63, 3.8) is 0 Å². The molecule has 0 aliphatic carbocycles. The molecule has 2 saturated heterocycles. The van der Waals surface area contributed by atoms with Crippen LogP contribution < -0.4 is 5.32 Å². The van der Waals surface area contributed by atoms with Gasteiger partial charge in [-0.25, -0.2) is 4.79 Å². The van der Waals surface area contributed by atoms with Gasteiger partial charge in [0.05, 0.1) is 13.2 Å². The molecule has 9 nitrogen and oxygen atoms in total. The Morgan fingerprint density at radius 2 is 1.96 bits per heavy atom. The molecule has 0 bridgehead atoms. The van der Waals surface area contributed by atoms with Crippen molar-refractivity contribution in [3.05, 3.63) is 35.9 Å². The van der Waals surface area contributed by atoms with Crippen LogP contribution in [0, 0.1) is 0 Å². The Morgan fingerprint density at radius 3 is 2.68 bits per heavy atom. The zero-order chi connectivity index (χ0) is 17.8. The maximum Gasteiger partial charge on any atom is 0.404 e. The van der Waals surface area contributed by atoms with Crippen LogP contribution in [0.2, 0.25) is 0 Å². The summed E-state index contributed by atoms with van der Waals surface area (Å²) in [4.78, 5) is 10.4. The van der Waals surface area contributed by atoms with E-state index >= 15 is 0 Å². The van der Waals surface area contributed by atoms with Gasteiger partial charge in [0.15, 0.2) is 12.6 Å². The molecule has 0 saturated carbocycles. The highest BCUT2D eigenvalue weighted by molar-refractivity contribution is 5.64. The predicted molar refractivity (Wildman–Crippen MR) is 82.7 cm³/mol. The van der Waals surface area contributed by atoms with Crippen LogP contribution in [0.3, 0.4) is 0 Å². The molecule has 1 aromatic rings. The van der Waals surface area contributed by atoms with E-state index in [2.05, 4.69) is 5.32 Å². The zero-order valence-electron chi connectivity index (χ0n) is 13.4. The first-order chi connectivity index (χ1) is 12.1. The smallest absolute Gasteiger partial charge is 0.404 e. The van der Waals surface area contributed by atoms with E-state index in [1.54, 1.807) is 0 Å². The van der Waals surface area contributed by atoms with Crippen LogP contribution >= 0.6 is 0 Å². The fraction of sp³-hybridized carbons (Fsp3) is 0.562. The number of hydrogen-bond donors (Lipinski definition) is 4. The van der Waals surface area contributed by atoms with Gasteiger partial charge in [0.1, 0.15) is 24.4 Å². The lowest BCUT2D eigenvalue weighted by molar-refractivity contribution is -0.361. The largest absolute Gasteiger partial charge is 0.465 e. The molecule has 0 radical (unpaired) electrons. The van der Waals surface area contributed by atoms with E-state index in [-0.39, 0.29) is 19.8 Å². The van der Waals surface area contributed by atoms with Gasteiger partial charge < -0.3 is 39.6 Å². The number of carbonyl (C=O) groups is 1. The second kappa shape index (κ2) is 8.09. The summed E-state index contributed by atoms with van der Waals surface area (Å²) in [7, 11) is 0. The molecular formula is C16H21NO8. The average molecular weight is 355 g/mol. The van der Waals surface area contributed by atoms with Gasteiger partial charge in [-0.15, -0.1) is 0 Å². The van der Waals surface area contributed by atoms with Gasteiger partial charge in [-0.2, -0.15) is 0 Å². The molecule has 1 amide bonds. The van der Waals surface area contributed by atoms with Crippen LogP contribution in [-0.4, -0.2) is 71.9 Å². The third kappa shape index (κ3) is 4.27. The highest BCUT2D eigenvalue weighted by atomic mass is 16.8. The number of amides is 1. The van der Waals surface area contributed by atoms with Crippen LogP contribution in [0.25, 0.3) is 0 Å². The van der Waals surface area contributed by atoms with Gasteiger partial charge in [-0.1, -0.05) is 30.3 Å². The third-order valence-corrected chi connectivity index (χ3v) is 4.07. The van der Waals surface area contributed by atoms with Crippen LogP contribution in [-0.2, 0) is 18.9 Å². The molecule has 6 atom stereocenters. The Morgan fingerprint density at radius 1 is 1.20 bits per heavy atom. The molecule has 2 aliphatic rings. The topological polar surface area (TPSA) is 127 Å². The first kappa shape index (κ1) is 18.1. The van der Waals surface area contributed by atoms with Crippen LogP contribution in [0.1, 0.15) is 11.9 Å². The summed E-state index contributed by atoms with van der Waals surface area (Å²) in [5.41, 5.74) is 0.806. The Labute approximate surface area is 144 Å². The van der Waals surface area contributed by atoms with Gasteiger partial charge in [-0.3, -0.25) is 0 Å². The molecule has 9 heteroatoms. The van der Waals surface area contributed by atoms with Crippen LogP contribution in [0.5, 0.6) is 0 Å². The molecular weight excluding hydrogens is 334 g/mol. The normalized spacial score (nSPS) is 35.0. The summed E-state index contributed by atoms with van der Waals surface area (Å²) >= 11 is 0. The van der Waals surface area contributed by atoms with Crippen LogP contribution in [0.4, 0.5) is 4.79 Å². The second-order valence-corrected chi connectivity index (χ2v) is 5.80. The molecule has 3 rings (SSSR count). The molecule has 2 aliphatic heterocycles. The first-order valence-electron chi connectivity index (χ1n) is 7.98. The average Bonchev–Trinajstić information content (AvgIpc) is 2.63. The number of nitrogens with one attached hydrogen (secondary N) is 1. The fourth-order valence-corrected chi connectivity index (χ4v) is 2.83. The summed E-state index contributed by atoms with van der Waals surface area (Å²) in [5.74, 6) is 0. The lowest BCUT2D eigenvalue weighted by atomic mass is 9.98. The van der Waals surface area contributed by atoms with Gasteiger partial charge in [0, 0.05) is 12.1 Å². The van der Waals surface area contributed by atoms with Crippen molar-refractivity contribution in [1.29, 1.82) is 0 Å². The zero-order valence-corrected chi connectivity index (χ0v) is 13.4. The molecule has 25 heavy (non-hydrogen) atoms. The van der Waals surface area contributed by atoms with E-state index in [1.165, 1.54) is 0 Å². The summed E-state index contributed by atoms with van der Waals surface area (Å²) in [6.45, 7) is 0.197. The Hall–Kier alpha value is -1.75. The lowest BCUT2D eigenvalue weighted by Crippen LogP contribution is -2.62. The number of fused-ring (bicyclic) bond motifs is 1. The molecule has 0 aromatic heterocycles. The monoisotopic (exact) mass is 355 g/mol. The standard InChI is InChI=1S/C16H21NO8/c18-11-12(19)15(22-7-6-17-16(20)21)24-10-8-23-14(25-13(10)11)9-4-2-1-3-5-9/h1-5,10-15,17-19H,6-8H2,(H,20,21)/t10-,11-,12-,13-,14?,15-/m1/s1. The number of benzene rings is 1. The Balaban J connectivity index is 1.57. The number of rotatable bonds is 5. The number of ether oxygens (including phenoxy) is 4. The number of aliphatic hydroxyl groups excluding tert-OH is 2. The van der Waals surface area contributed by atoms with Gasteiger partial charge in [-0.05, 0) is 0 Å². The minimum atomic E-state index is -1.32.